The van der Waals surface area contributed by atoms with Gasteiger partial charge in [-0.2, -0.15) is 4.39 Å². The van der Waals surface area contributed by atoms with Crippen LogP contribution in [0.15, 0.2) is 35.1 Å². The lowest BCUT2D eigenvalue weighted by Gasteiger charge is -2.05. The summed E-state index contributed by atoms with van der Waals surface area (Å²) in [7, 11) is 0. The number of carbonyl (C=O) groups is 1. The van der Waals surface area contributed by atoms with Crippen molar-refractivity contribution in [2.24, 2.45) is 0 Å². The maximum Gasteiger partial charge on any atom is 0.260 e. The number of aromatic nitrogens is 2. The summed E-state index contributed by atoms with van der Waals surface area (Å²) >= 11 is 3.18. The first kappa shape index (κ1) is 12.6. The third-order valence-electron chi connectivity index (χ3n) is 2.06. The smallest absolute Gasteiger partial charge is 0.260 e. The van der Waals surface area contributed by atoms with E-state index in [0.29, 0.717) is 0 Å². The molecule has 0 aliphatic heterocycles. The van der Waals surface area contributed by atoms with Crippen molar-refractivity contribution in [1.82, 2.24) is 9.97 Å². The number of nitrogens with zero attached hydrogens (tertiary/aromatic N) is 2. The first-order valence-corrected chi connectivity index (χ1v) is 5.60. The van der Waals surface area contributed by atoms with Crippen LogP contribution in [0.5, 0.6) is 0 Å². The molecule has 2 aromatic heterocycles. The number of amides is 1. The van der Waals surface area contributed by atoms with Gasteiger partial charge in [0.05, 0.1) is 5.56 Å². The lowest BCUT2D eigenvalue weighted by atomic mass is 10.2. The van der Waals surface area contributed by atoms with Gasteiger partial charge >= 0.3 is 0 Å². The minimum Gasteiger partial charge on any atom is -0.306 e. The highest BCUT2D eigenvalue weighted by Gasteiger charge is 2.16. The van der Waals surface area contributed by atoms with E-state index >= 15 is 0 Å². The van der Waals surface area contributed by atoms with Gasteiger partial charge in [0.15, 0.2) is 5.82 Å². The van der Waals surface area contributed by atoms with Gasteiger partial charge in [-0.15, -0.1) is 0 Å². The molecule has 0 aliphatic rings. The molecular formula is C11H6BrF2N3O. The zero-order valence-electron chi connectivity index (χ0n) is 8.82. The molecule has 0 aliphatic carbocycles. The van der Waals surface area contributed by atoms with Crippen molar-refractivity contribution in [3.63, 3.8) is 0 Å². The van der Waals surface area contributed by atoms with E-state index in [-0.39, 0.29) is 5.82 Å². The molecule has 0 atom stereocenters. The van der Waals surface area contributed by atoms with Gasteiger partial charge in [0.25, 0.3) is 5.91 Å². The Kier molecular flexibility index (Phi) is 3.61. The highest BCUT2D eigenvalue weighted by Crippen LogP contribution is 2.13. The molecule has 0 radical (unpaired) electrons. The molecule has 0 saturated carbocycles. The Morgan fingerprint density at radius 2 is 2.00 bits per heavy atom. The average Bonchev–Trinajstić information content (AvgIpc) is 2.35. The quantitative estimate of drug-likeness (QED) is 0.867. The maximum atomic E-state index is 13.3. The number of rotatable bonds is 2. The number of pyridine rings is 2. The highest BCUT2D eigenvalue weighted by atomic mass is 79.9. The van der Waals surface area contributed by atoms with Gasteiger partial charge in [0, 0.05) is 16.9 Å². The van der Waals surface area contributed by atoms with Crippen molar-refractivity contribution in [1.29, 1.82) is 0 Å². The molecule has 92 valence electrons. The van der Waals surface area contributed by atoms with Crippen molar-refractivity contribution in [3.05, 3.63) is 52.4 Å². The van der Waals surface area contributed by atoms with Crippen LogP contribution >= 0.6 is 15.9 Å². The minimum absolute atomic E-state index is 0.236. The minimum atomic E-state index is -1.31. The van der Waals surface area contributed by atoms with Crippen LogP contribution in [0.3, 0.4) is 0 Å². The predicted octanol–water partition coefficient (Wildman–Crippen LogP) is 2.77. The molecular weight excluding hydrogens is 308 g/mol. The van der Waals surface area contributed by atoms with E-state index in [1.54, 1.807) is 6.07 Å². The topological polar surface area (TPSA) is 54.9 Å². The Hall–Kier alpha value is -1.89. The second-order valence-corrected chi connectivity index (χ2v) is 4.19. The van der Waals surface area contributed by atoms with Crippen LogP contribution in [0, 0.1) is 11.8 Å². The summed E-state index contributed by atoms with van der Waals surface area (Å²) in [6.45, 7) is 0. The van der Waals surface area contributed by atoms with E-state index < -0.39 is 23.2 Å². The lowest BCUT2D eigenvalue weighted by Crippen LogP contribution is -2.15. The van der Waals surface area contributed by atoms with Gasteiger partial charge in [0.1, 0.15) is 5.82 Å². The van der Waals surface area contributed by atoms with Gasteiger partial charge in [-0.05, 0) is 34.1 Å². The monoisotopic (exact) mass is 313 g/mol. The summed E-state index contributed by atoms with van der Waals surface area (Å²) in [6, 6.07) is 4.27. The molecule has 7 heteroatoms. The van der Waals surface area contributed by atoms with Crippen LogP contribution < -0.4 is 5.32 Å². The van der Waals surface area contributed by atoms with Crippen molar-refractivity contribution < 1.29 is 13.6 Å². The molecule has 0 saturated heterocycles. The fraction of sp³-hybridized carbons (Fsp3) is 0. The summed E-state index contributed by atoms with van der Waals surface area (Å²) in [5.41, 5.74) is -0.424. The van der Waals surface area contributed by atoms with Crippen LogP contribution in [-0.2, 0) is 0 Å². The largest absolute Gasteiger partial charge is 0.306 e. The second-order valence-electron chi connectivity index (χ2n) is 3.28. The third kappa shape index (κ3) is 2.67. The fourth-order valence-corrected chi connectivity index (χ4v) is 1.46. The van der Waals surface area contributed by atoms with Crippen LogP contribution in [0.1, 0.15) is 10.4 Å². The molecule has 1 amide bonds. The lowest BCUT2D eigenvalue weighted by molar-refractivity contribution is 0.102. The molecule has 1 N–H and O–H groups in total. The van der Waals surface area contributed by atoms with E-state index in [1.165, 1.54) is 12.3 Å². The highest BCUT2D eigenvalue weighted by molar-refractivity contribution is 9.10. The van der Waals surface area contributed by atoms with Crippen LogP contribution in [-0.4, -0.2) is 15.9 Å². The van der Waals surface area contributed by atoms with Crippen molar-refractivity contribution in [3.8, 4) is 0 Å². The van der Waals surface area contributed by atoms with E-state index in [4.69, 9.17) is 0 Å². The summed E-state index contributed by atoms with van der Waals surface area (Å²) in [5.74, 6) is -3.15. The first-order chi connectivity index (χ1) is 8.58. The van der Waals surface area contributed by atoms with Crippen molar-refractivity contribution in [2.75, 3.05) is 5.32 Å². The Morgan fingerprint density at radius 3 is 2.67 bits per heavy atom. The van der Waals surface area contributed by atoms with Crippen molar-refractivity contribution in [2.45, 2.75) is 0 Å². The van der Waals surface area contributed by atoms with E-state index in [1.807, 2.05) is 0 Å². The zero-order valence-corrected chi connectivity index (χ0v) is 10.4. The molecule has 2 aromatic rings. The van der Waals surface area contributed by atoms with Gasteiger partial charge < -0.3 is 5.32 Å². The predicted molar refractivity (Wildman–Crippen MR) is 64.0 cm³/mol. The van der Waals surface area contributed by atoms with Gasteiger partial charge in [-0.25, -0.2) is 14.4 Å². The van der Waals surface area contributed by atoms with Crippen molar-refractivity contribution >= 4 is 27.7 Å². The molecule has 0 aromatic carbocycles. The zero-order chi connectivity index (χ0) is 13.1. The summed E-state index contributed by atoms with van der Waals surface area (Å²) < 4.78 is 26.9. The summed E-state index contributed by atoms with van der Waals surface area (Å²) in [6.07, 6.45) is 2.49. The van der Waals surface area contributed by atoms with E-state index in [0.717, 1.165) is 16.7 Å². The molecule has 4 nitrogen and oxygen atoms in total. The second kappa shape index (κ2) is 5.18. The molecule has 0 bridgehead atoms. The van der Waals surface area contributed by atoms with Crippen LogP contribution in [0.4, 0.5) is 14.6 Å². The number of halogens is 3. The summed E-state index contributed by atoms with van der Waals surface area (Å²) in [5, 5.41) is 2.35. The summed E-state index contributed by atoms with van der Waals surface area (Å²) in [4.78, 5) is 18.7. The SMILES string of the molecule is O=C(Nc1ccc(Br)cn1)c1ccnc(F)c1F. The Morgan fingerprint density at radius 1 is 1.22 bits per heavy atom. The number of hydrogen-bond acceptors (Lipinski definition) is 3. The Bertz CT molecular complexity index is 589. The normalized spacial score (nSPS) is 10.2. The first-order valence-electron chi connectivity index (χ1n) is 4.81. The molecule has 0 unspecified atom stereocenters. The average molecular weight is 314 g/mol. The van der Waals surface area contributed by atoms with Gasteiger partial charge in [-0.1, -0.05) is 0 Å². The maximum absolute atomic E-state index is 13.3. The van der Waals surface area contributed by atoms with Crippen LogP contribution in [0.2, 0.25) is 0 Å². The number of hydrogen-bond donors (Lipinski definition) is 1. The molecule has 2 rings (SSSR count). The molecule has 2 heterocycles. The number of carbonyl (C=O) groups excluding carboxylic acids is 1. The number of anilines is 1. The van der Waals surface area contributed by atoms with Gasteiger partial charge in [0.2, 0.25) is 5.95 Å². The Balaban J connectivity index is 2.22. The molecule has 0 spiro atoms. The van der Waals surface area contributed by atoms with Crippen LogP contribution in [0.25, 0.3) is 0 Å². The van der Waals surface area contributed by atoms with E-state index in [9.17, 15) is 13.6 Å². The number of nitrogens with one attached hydrogen (secondary N) is 1. The Labute approximate surface area is 109 Å². The molecule has 0 fully saturated rings. The standard InChI is InChI=1S/C11H6BrF2N3O/c12-6-1-2-8(16-5-6)17-11(18)7-3-4-15-10(14)9(7)13/h1-5H,(H,16,17,18). The fourth-order valence-electron chi connectivity index (χ4n) is 1.23. The molecule has 18 heavy (non-hydrogen) atoms. The third-order valence-corrected chi connectivity index (χ3v) is 2.53. The van der Waals surface area contributed by atoms with Gasteiger partial charge in [-0.3, -0.25) is 4.79 Å². The van der Waals surface area contributed by atoms with E-state index in [2.05, 4.69) is 31.2 Å².